The molecule has 4 aliphatic carbocycles. The normalized spacial score (nSPS) is 21.0. The van der Waals surface area contributed by atoms with Gasteiger partial charge >= 0.3 is 0 Å². The van der Waals surface area contributed by atoms with Gasteiger partial charge in [-0.15, -0.1) is 0 Å². The average molecular weight is 648 g/mol. The average Bonchev–Trinajstić information content (AvgIpc) is 3.72. The molecule has 4 aliphatic rings. The lowest BCUT2D eigenvalue weighted by Gasteiger charge is -2.37. The Hall–Kier alpha value is -5.34. The van der Waals surface area contributed by atoms with Gasteiger partial charge in [-0.2, -0.15) is 0 Å². The van der Waals surface area contributed by atoms with Crippen LogP contribution in [-0.4, -0.2) is 0 Å². The lowest BCUT2D eigenvalue weighted by atomic mass is 9.74. The number of furan rings is 1. The summed E-state index contributed by atoms with van der Waals surface area (Å²) in [7, 11) is 0. The number of hydrogen-bond acceptors (Lipinski definition) is 2. The minimum atomic E-state index is -0.0578. The van der Waals surface area contributed by atoms with Crippen LogP contribution in [-0.2, 0) is 10.8 Å². The molecule has 0 radical (unpaired) electrons. The van der Waals surface area contributed by atoms with Gasteiger partial charge in [0.1, 0.15) is 11.2 Å². The molecule has 0 spiro atoms. The Bertz CT molecular complexity index is 2480. The molecule has 10 rings (SSSR count). The van der Waals surface area contributed by atoms with Crippen molar-refractivity contribution in [3.8, 4) is 11.1 Å². The van der Waals surface area contributed by atoms with Crippen LogP contribution in [0.5, 0.6) is 0 Å². The maximum absolute atomic E-state index is 6.63. The van der Waals surface area contributed by atoms with E-state index in [-0.39, 0.29) is 16.7 Å². The van der Waals surface area contributed by atoms with Gasteiger partial charge in [-0.25, -0.2) is 0 Å². The molecule has 2 unspecified atom stereocenters. The third-order valence-corrected chi connectivity index (χ3v) is 12.3. The van der Waals surface area contributed by atoms with Crippen molar-refractivity contribution in [1.82, 2.24) is 0 Å². The first-order valence-electron chi connectivity index (χ1n) is 18.1. The van der Waals surface area contributed by atoms with Crippen molar-refractivity contribution in [1.29, 1.82) is 0 Å². The molecule has 1 aromatic heterocycles. The summed E-state index contributed by atoms with van der Waals surface area (Å²) in [6.07, 6.45) is 12.0. The molecule has 50 heavy (non-hydrogen) atoms. The van der Waals surface area contributed by atoms with E-state index in [1.54, 1.807) is 0 Å². The summed E-state index contributed by atoms with van der Waals surface area (Å²) in [6.45, 7) is 9.64. The van der Waals surface area contributed by atoms with E-state index < -0.39 is 0 Å². The number of anilines is 1. The van der Waals surface area contributed by atoms with Crippen LogP contribution in [0.1, 0.15) is 68.7 Å². The first-order valence-corrected chi connectivity index (χ1v) is 18.1. The summed E-state index contributed by atoms with van der Waals surface area (Å²) in [5, 5.41) is 2.42. The Morgan fingerprint density at radius 1 is 0.680 bits per heavy atom. The predicted octanol–water partition coefficient (Wildman–Crippen LogP) is 12.6. The van der Waals surface area contributed by atoms with E-state index in [2.05, 4.69) is 172 Å². The maximum Gasteiger partial charge on any atom is 0.139 e. The van der Waals surface area contributed by atoms with E-state index in [1.165, 1.54) is 72.4 Å². The van der Waals surface area contributed by atoms with Gasteiger partial charge in [-0.05, 0) is 93.5 Å². The molecule has 0 N–H and O–H groups in total. The second-order valence-corrected chi connectivity index (χ2v) is 15.7. The van der Waals surface area contributed by atoms with Crippen molar-refractivity contribution in [3.63, 3.8) is 0 Å². The van der Waals surface area contributed by atoms with Crippen molar-refractivity contribution in [2.24, 2.45) is 5.92 Å². The van der Waals surface area contributed by atoms with Crippen LogP contribution >= 0.6 is 0 Å². The largest absolute Gasteiger partial charge is 0.456 e. The third-order valence-electron chi connectivity index (χ3n) is 12.3. The predicted molar refractivity (Wildman–Crippen MR) is 208 cm³/mol. The molecule has 244 valence electrons. The van der Waals surface area contributed by atoms with E-state index in [0.717, 1.165) is 24.0 Å². The molecule has 0 fully saturated rings. The molecule has 2 nitrogen and oxygen atoms in total. The molecule has 2 atom stereocenters. The van der Waals surface area contributed by atoms with Crippen LogP contribution in [0.4, 0.5) is 5.69 Å². The van der Waals surface area contributed by atoms with Crippen molar-refractivity contribution in [2.75, 3.05) is 4.90 Å². The molecule has 2 heteroatoms. The van der Waals surface area contributed by atoms with Gasteiger partial charge < -0.3 is 9.32 Å². The fourth-order valence-electron chi connectivity index (χ4n) is 9.71. The summed E-state index contributed by atoms with van der Waals surface area (Å²) >= 11 is 0. The highest BCUT2D eigenvalue weighted by Gasteiger charge is 2.47. The molecular formula is C48H41NO. The lowest BCUT2D eigenvalue weighted by Crippen LogP contribution is -2.30. The van der Waals surface area contributed by atoms with E-state index in [4.69, 9.17) is 4.42 Å². The van der Waals surface area contributed by atoms with Gasteiger partial charge in [0.15, 0.2) is 0 Å². The van der Waals surface area contributed by atoms with Crippen molar-refractivity contribution >= 4 is 33.2 Å². The van der Waals surface area contributed by atoms with Crippen LogP contribution in [0, 0.1) is 5.92 Å². The summed E-state index contributed by atoms with van der Waals surface area (Å²) in [5.41, 5.74) is 16.8. The van der Waals surface area contributed by atoms with Crippen LogP contribution in [0.25, 0.3) is 38.6 Å². The summed E-state index contributed by atoms with van der Waals surface area (Å²) in [5.74, 6) is 0.557. The second-order valence-electron chi connectivity index (χ2n) is 15.7. The quantitative estimate of drug-likeness (QED) is 0.189. The minimum Gasteiger partial charge on any atom is -0.456 e. The number of fused-ring (bicyclic) bond motifs is 9. The third kappa shape index (κ3) is 4.14. The van der Waals surface area contributed by atoms with Crippen LogP contribution in [0.3, 0.4) is 0 Å². The number of rotatable bonds is 4. The van der Waals surface area contributed by atoms with Crippen LogP contribution in [0.15, 0.2) is 161 Å². The molecular weight excluding hydrogens is 607 g/mol. The Morgan fingerprint density at radius 2 is 1.42 bits per heavy atom. The summed E-state index contributed by atoms with van der Waals surface area (Å²) < 4.78 is 6.63. The Morgan fingerprint density at radius 3 is 2.26 bits per heavy atom. The first-order chi connectivity index (χ1) is 24.3. The number of hydrogen-bond donors (Lipinski definition) is 0. The molecule has 0 saturated heterocycles. The van der Waals surface area contributed by atoms with Gasteiger partial charge in [0.05, 0.1) is 0 Å². The molecule has 1 heterocycles. The summed E-state index contributed by atoms with van der Waals surface area (Å²) in [4.78, 5) is 2.56. The molecule has 0 amide bonds. The standard InChI is InChI=1S/C48H41NO/c1-47(2)40-16-10-8-14-35(40)36-24-22-33(28-42(36)47)49(32-20-18-31(19-21-32)30-12-6-5-7-13-30)34-23-25-39-43(29-34)48(3,4)41-27-26-38-37-15-9-11-17-44(37)50-46(38)45(39)41/h5-21,23,25-29,39,43H,22,24H2,1-4H3. The highest BCUT2D eigenvalue weighted by Crippen LogP contribution is 2.57. The van der Waals surface area contributed by atoms with E-state index in [1.807, 2.05) is 0 Å². The van der Waals surface area contributed by atoms with Gasteiger partial charge in [0.2, 0.25) is 0 Å². The monoisotopic (exact) mass is 647 g/mol. The summed E-state index contributed by atoms with van der Waals surface area (Å²) in [6, 6.07) is 42.0. The first kappa shape index (κ1) is 29.6. The Labute approximate surface area is 294 Å². The van der Waals surface area contributed by atoms with E-state index in [0.29, 0.717) is 5.92 Å². The zero-order valence-corrected chi connectivity index (χ0v) is 29.2. The van der Waals surface area contributed by atoms with Gasteiger partial charge in [0.25, 0.3) is 0 Å². The molecule has 0 bridgehead atoms. The van der Waals surface area contributed by atoms with Crippen molar-refractivity contribution in [3.05, 3.63) is 179 Å². The Kier molecular flexibility index (Phi) is 6.26. The lowest BCUT2D eigenvalue weighted by molar-refractivity contribution is 0.392. The fourth-order valence-corrected chi connectivity index (χ4v) is 9.71. The highest BCUT2D eigenvalue weighted by molar-refractivity contribution is 6.06. The number of nitrogens with zero attached hydrogens (tertiary/aromatic N) is 1. The number of allylic oxidation sites excluding steroid dienone is 7. The smallest absolute Gasteiger partial charge is 0.139 e. The van der Waals surface area contributed by atoms with Crippen LogP contribution in [0.2, 0.25) is 0 Å². The zero-order valence-electron chi connectivity index (χ0n) is 29.2. The van der Waals surface area contributed by atoms with Gasteiger partial charge in [0, 0.05) is 44.8 Å². The fraction of sp³-hybridized carbons (Fsp3) is 0.208. The topological polar surface area (TPSA) is 16.4 Å². The van der Waals surface area contributed by atoms with Gasteiger partial charge in [-0.3, -0.25) is 0 Å². The SMILES string of the molecule is CC1(C)C2=C(CCC(N(C3=CC4C(C=C3)c3c(ccc5c3oc3ccccc35)C4(C)C)c3ccc(-c4ccccc4)cc3)=C2)c2ccccc21. The maximum atomic E-state index is 6.63. The van der Waals surface area contributed by atoms with Gasteiger partial charge in [-0.1, -0.05) is 137 Å². The van der Waals surface area contributed by atoms with E-state index in [9.17, 15) is 0 Å². The molecule has 5 aromatic carbocycles. The van der Waals surface area contributed by atoms with Crippen LogP contribution < -0.4 is 4.90 Å². The van der Waals surface area contributed by atoms with Crippen molar-refractivity contribution in [2.45, 2.75) is 57.3 Å². The number of para-hydroxylation sites is 1. The Balaban J connectivity index is 1.11. The van der Waals surface area contributed by atoms with E-state index >= 15 is 0 Å². The minimum absolute atomic E-state index is 0.0324. The molecule has 6 aromatic rings. The highest BCUT2D eigenvalue weighted by atomic mass is 16.3. The second kappa shape index (κ2) is 10.6. The molecule has 0 saturated carbocycles. The zero-order chi connectivity index (χ0) is 33.8. The molecule has 0 aliphatic heterocycles. The van der Waals surface area contributed by atoms with Crippen molar-refractivity contribution < 1.29 is 4.42 Å². The number of benzene rings is 5.